The Morgan fingerprint density at radius 1 is 1.21 bits per heavy atom. The van der Waals surface area contributed by atoms with Gasteiger partial charge in [0.15, 0.2) is 0 Å². The summed E-state index contributed by atoms with van der Waals surface area (Å²) in [4.78, 5) is 5.84. The smallest absolute Gasteiger partial charge is 0.242 e. The lowest BCUT2D eigenvalue weighted by atomic mass is 10.1. The van der Waals surface area contributed by atoms with Gasteiger partial charge >= 0.3 is 0 Å². The van der Waals surface area contributed by atoms with Gasteiger partial charge in [0.25, 0.3) is 0 Å². The molecule has 0 aliphatic rings. The molecule has 1 heterocycles. The van der Waals surface area contributed by atoms with E-state index in [-0.39, 0.29) is 22.6 Å². The second kappa shape index (κ2) is 7.94. The SMILES string of the molecule is COc1ccc(C(CNS(=O)(=O)c2ccc(Cl)nc2)N(C)C)cc1. The van der Waals surface area contributed by atoms with E-state index in [1.807, 2.05) is 43.3 Å². The third-order valence-corrected chi connectivity index (χ3v) is 5.23. The summed E-state index contributed by atoms with van der Waals surface area (Å²) in [5.41, 5.74) is 0.984. The van der Waals surface area contributed by atoms with Crippen LogP contribution in [0.4, 0.5) is 0 Å². The highest BCUT2D eigenvalue weighted by atomic mass is 35.5. The molecule has 1 aromatic carbocycles. The number of halogens is 1. The number of likely N-dealkylation sites (N-methyl/N-ethyl adjacent to an activating group) is 1. The third-order valence-electron chi connectivity index (χ3n) is 3.60. The van der Waals surface area contributed by atoms with Crippen molar-refractivity contribution in [2.75, 3.05) is 27.7 Å². The Bertz CT molecular complexity index is 762. The normalized spacial score (nSPS) is 13.0. The number of nitrogens with one attached hydrogen (secondary N) is 1. The molecule has 0 fully saturated rings. The van der Waals surface area contributed by atoms with E-state index in [0.717, 1.165) is 11.3 Å². The molecule has 0 radical (unpaired) electrons. The van der Waals surface area contributed by atoms with Crippen LogP contribution in [0.15, 0.2) is 47.5 Å². The summed E-state index contributed by atoms with van der Waals surface area (Å²) in [7, 11) is 1.75. The van der Waals surface area contributed by atoms with Gasteiger partial charge in [0.05, 0.1) is 7.11 Å². The molecule has 2 rings (SSSR count). The summed E-state index contributed by atoms with van der Waals surface area (Å²) in [6.45, 7) is 0.226. The Kier molecular flexibility index (Phi) is 6.17. The first-order valence-electron chi connectivity index (χ1n) is 7.25. The van der Waals surface area contributed by atoms with Gasteiger partial charge in [-0.1, -0.05) is 23.7 Å². The molecule has 6 nitrogen and oxygen atoms in total. The molecule has 1 N–H and O–H groups in total. The van der Waals surface area contributed by atoms with Crippen LogP contribution in [-0.2, 0) is 10.0 Å². The highest BCUT2D eigenvalue weighted by Crippen LogP contribution is 2.21. The Morgan fingerprint density at radius 3 is 2.38 bits per heavy atom. The lowest BCUT2D eigenvalue weighted by molar-refractivity contribution is 0.299. The molecule has 24 heavy (non-hydrogen) atoms. The molecule has 130 valence electrons. The van der Waals surface area contributed by atoms with Crippen molar-refractivity contribution in [3.63, 3.8) is 0 Å². The maximum atomic E-state index is 12.4. The van der Waals surface area contributed by atoms with Gasteiger partial charge < -0.3 is 9.64 Å². The van der Waals surface area contributed by atoms with Crippen LogP contribution < -0.4 is 9.46 Å². The van der Waals surface area contributed by atoms with E-state index in [1.54, 1.807) is 7.11 Å². The molecule has 1 atom stereocenters. The zero-order chi connectivity index (χ0) is 17.7. The van der Waals surface area contributed by atoms with E-state index >= 15 is 0 Å². The van der Waals surface area contributed by atoms with Crippen molar-refractivity contribution >= 4 is 21.6 Å². The highest BCUT2D eigenvalue weighted by Gasteiger charge is 2.20. The number of ether oxygens (including phenoxy) is 1. The third kappa shape index (κ3) is 4.67. The predicted molar refractivity (Wildman–Crippen MR) is 93.9 cm³/mol. The van der Waals surface area contributed by atoms with Gasteiger partial charge in [0.2, 0.25) is 10.0 Å². The first-order valence-corrected chi connectivity index (χ1v) is 9.11. The van der Waals surface area contributed by atoms with Gasteiger partial charge in [0.1, 0.15) is 15.8 Å². The fourth-order valence-electron chi connectivity index (χ4n) is 2.22. The number of nitrogens with zero attached hydrogens (tertiary/aromatic N) is 2. The van der Waals surface area contributed by atoms with E-state index in [4.69, 9.17) is 16.3 Å². The van der Waals surface area contributed by atoms with Crippen LogP contribution >= 0.6 is 11.6 Å². The van der Waals surface area contributed by atoms with Crippen LogP contribution in [0.5, 0.6) is 5.75 Å². The van der Waals surface area contributed by atoms with Gasteiger partial charge in [-0.25, -0.2) is 18.1 Å². The molecule has 0 aliphatic heterocycles. The van der Waals surface area contributed by atoms with E-state index < -0.39 is 10.0 Å². The van der Waals surface area contributed by atoms with Crippen LogP contribution in [0.3, 0.4) is 0 Å². The number of sulfonamides is 1. The molecular formula is C16H20ClN3O3S. The van der Waals surface area contributed by atoms with Crippen molar-refractivity contribution in [3.8, 4) is 5.75 Å². The summed E-state index contributed by atoms with van der Waals surface area (Å²) in [5.74, 6) is 0.754. The van der Waals surface area contributed by atoms with Crippen molar-refractivity contribution in [1.29, 1.82) is 0 Å². The first kappa shape index (κ1) is 18.7. The van der Waals surface area contributed by atoms with Crippen LogP contribution in [0.2, 0.25) is 5.15 Å². The topological polar surface area (TPSA) is 71.5 Å². The van der Waals surface area contributed by atoms with Crippen LogP contribution in [0.25, 0.3) is 0 Å². The molecule has 0 saturated heterocycles. The Morgan fingerprint density at radius 2 is 1.88 bits per heavy atom. The number of hydrogen-bond acceptors (Lipinski definition) is 5. The van der Waals surface area contributed by atoms with Crippen LogP contribution in [-0.4, -0.2) is 46.1 Å². The summed E-state index contributed by atoms with van der Waals surface area (Å²) in [5, 5.41) is 0.248. The number of aromatic nitrogens is 1. The fourth-order valence-corrected chi connectivity index (χ4v) is 3.31. The van der Waals surface area contributed by atoms with Crippen LogP contribution in [0, 0.1) is 0 Å². The molecule has 0 amide bonds. The molecule has 8 heteroatoms. The number of hydrogen-bond donors (Lipinski definition) is 1. The van der Waals surface area contributed by atoms with E-state index in [0.29, 0.717) is 0 Å². The van der Waals surface area contributed by atoms with Crippen molar-refractivity contribution in [1.82, 2.24) is 14.6 Å². The van der Waals surface area contributed by atoms with Crippen molar-refractivity contribution in [3.05, 3.63) is 53.3 Å². The summed E-state index contributed by atoms with van der Waals surface area (Å²) >= 11 is 5.69. The molecular weight excluding hydrogens is 350 g/mol. The van der Waals surface area contributed by atoms with Gasteiger partial charge in [-0.3, -0.25) is 0 Å². The fraction of sp³-hybridized carbons (Fsp3) is 0.312. The standard InChI is InChI=1S/C16H20ClN3O3S/c1-20(2)15(12-4-6-13(23-3)7-5-12)11-19-24(21,22)14-8-9-16(17)18-10-14/h4-10,15,19H,11H2,1-3H3. The minimum absolute atomic E-state index is 0.0825. The number of pyridine rings is 1. The monoisotopic (exact) mass is 369 g/mol. The molecule has 0 spiro atoms. The maximum absolute atomic E-state index is 12.4. The quantitative estimate of drug-likeness (QED) is 0.758. The van der Waals surface area contributed by atoms with Crippen LogP contribution in [0.1, 0.15) is 11.6 Å². The number of methoxy groups -OCH3 is 1. The Labute approximate surface area is 147 Å². The van der Waals surface area contributed by atoms with E-state index in [1.165, 1.54) is 18.3 Å². The minimum atomic E-state index is -3.65. The lowest BCUT2D eigenvalue weighted by Crippen LogP contribution is -2.34. The molecule has 1 aromatic heterocycles. The van der Waals surface area contributed by atoms with Crippen molar-refractivity contribution < 1.29 is 13.2 Å². The first-order chi connectivity index (χ1) is 11.3. The summed E-state index contributed by atoms with van der Waals surface area (Å²) in [6, 6.07) is 10.3. The second-order valence-electron chi connectivity index (χ2n) is 5.42. The zero-order valence-corrected chi connectivity index (χ0v) is 15.3. The highest BCUT2D eigenvalue weighted by molar-refractivity contribution is 7.89. The largest absolute Gasteiger partial charge is 0.497 e. The predicted octanol–water partition coefficient (Wildman–Crippen LogP) is 2.32. The molecule has 1 unspecified atom stereocenters. The molecule has 2 aromatic rings. The van der Waals surface area contributed by atoms with Gasteiger partial charge in [-0.05, 0) is 43.9 Å². The van der Waals surface area contributed by atoms with Crippen molar-refractivity contribution in [2.24, 2.45) is 0 Å². The number of benzene rings is 1. The minimum Gasteiger partial charge on any atom is -0.497 e. The second-order valence-corrected chi connectivity index (χ2v) is 7.58. The van der Waals surface area contributed by atoms with Gasteiger partial charge in [-0.2, -0.15) is 0 Å². The molecule has 0 bridgehead atoms. The van der Waals surface area contributed by atoms with Gasteiger partial charge in [-0.15, -0.1) is 0 Å². The van der Waals surface area contributed by atoms with Crippen molar-refractivity contribution in [2.45, 2.75) is 10.9 Å². The summed E-state index contributed by atoms with van der Waals surface area (Å²) in [6.07, 6.45) is 1.24. The molecule has 0 saturated carbocycles. The zero-order valence-electron chi connectivity index (χ0n) is 13.7. The Hall–Kier alpha value is -1.67. The summed E-state index contributed by atoms with van der Waals surface area (Å²) < 4.78 is 32.5. The average molecular weight is 370 g/mol. The Balaban J connectivity index is 2.14. The van der Waals surface area contributed by atoms with Gasteiger partial charge in [0, 0.05) is 18.8 Å². The number of rotatable bonds is 7. The van der Waals surface area contributed by atoms with E-state index in [9.17, 15) is 8.42 Å². The maximum Gasteiger partial charge on any atom is 0.242 e. The van der Waals surface area contributed by atoms with E-state index in [2.05, 4.69) is 9.71 Å². The lowest BCUT2D eigenvalue weighted by Gasteiger charge is -2.25. The average Bonchev–Trinajstić information content (AvgIpc) is 2.55. The molecule has 0 aliphatic carbocycles.